The number of benzene rings is 3. The van der Waals surface area contributed by atoms with Gasteiger partial charge in [-0.05, 0) is 81.8 Å². The van der Waals surface area contributed by atoms with Crippen LogP contribution in [-0.2, 0) is 14.3 Å². The zero-order valence-corrected chi connectivity index (χ0v) is 27.1. The summed E-state index contributed by atoms with van der Waals surface area (Å²) in [5.74, 6) is -0.480. The molecular weight excluding hydrogens is 538 g/mol. The van der Waals surface area contributed by atoms with Gasteiger partial charge in [-0.2, -0.15) is 0 Å². The number of rotatable bonds is 12. The predicted octanol–water partition coefficient (Wildman–Crippen LogP) is 8.09. The molecule has 232 valence electrons. The second-order valence-electron chi connectivity index (χ2n) is 12.9. The largest absolute Gasteiger partial charge is 0.444 e. The summed E-state index contributed by atoms with van der Waals surface area (Å²) in [6.45, 7) is 15.8. The highest BCUT2D eigenvalue weighted by Crippen LogP contribution is 2.29. The summed E-state index contributed by atoms with van der Waals surface area (Å²) in [6.07, 6.45) is 2.36. The minimum Gasteiger partial charge on any atom is -0.444 e. The average Bonchev–Trinajstić information content (AvgIpc) is 2.90. The van der Waals surface area contributed by atoms with Gasteiger partial charge in [0.1, 0.15) is 17.7 Å². The van der Waals surface area contributed by atoms with Gasteiger partial charge in [0.05, 0.1) is 0 Å². The van der Waals surface area contributed by atoms with Crippen molar-refractivity contribution in [2.24, 2.45) is 5.92 Å². The van der Waals surface area contributed by atoms with Crippen LogP contribution < -0.4 is 10.6 Å². The highest BCUT2D eigenvalue weighted by atomic mass is 16.6. The lowest BCUT2D eigenvalue weighted by Crippen LogP contribution is -2.53. The second-order valence-corrected chi connectivity index (χ2v) is 12.9. The van der Waals surface area contributed by atoms with Gasteiger partial charge in [-0.15, -0.1) is 0 Å². The van der Waals surface area contributed by atoms with Gasteiger partial charge in [-0.25, -0.2) is 4.79 Å². The molecule has 3 amide bonds. The van der Waals surface area contributed by atoms with E-state index < -0.39 is 23.8 Å². The summed E-state index contributed by atoms with van der Waals surface area (Å²) in [5.41, 5.74) is 2.69. The average molecular weight is 588 g/mol. The van der Waals surface area contributed by atoms with Crippen molar-refractivity contribution in [1.29, 1.82) is 0 Å². The summed E-state index contributed by atoms with van der Waals surface area (Å²) >= 11 is 0. The summed E-state index contributed by atoms with van der Waals surface area (Å²) in [6, 6.07) is 18.0. The molecule has 0 aliphatic heterocycles. The van der Waals surface area contributed by atoms with E-state index in [0.717, 1.165) is 46.7 Å². The number of ether oxygens (including phenoxy) is 1. The van der Waals surface area contributed by atoms with Gasteiger partial charge in [-0.3, -0.25) is 9.59 Å². The van der Waals surface area contributed by atoms with E-state index in [0.29, 0.717) is 18.7 Å². The van der Waals surface area contributed by atoms with Crippen LogP contribution in [0.2, 0.25) is 0 Å². The molecule has 43 heavy (non-hydrogen) atoms. The first-order valence-electron chi connectivity index (χ1n) is 15.4. The summed E-state index contributed by atoms with van der Waals surface area (Å²) in [7, 11) is 0. The van der Waals surface area contributed by atoms with Crippen LogP contribution in [0.3, 0.4) is 0 Å². The molecule has 0 aliphatic rings. The van der Waals surface area contributed by atoms with E-state index in [1.54, 1.807) is 25.7 Å². The molecule has 0 spiro atoms. The number of hydrogen-bond donors (Lipinski definition) is 2. The number of hydrogen-bond acceptors (Lipinski definition) is 4. The highest BCUT2D eigenvalue weighted by molar-refractivity contribution is 6.00. The zero-order valence-electron chi connectivity index (χ0n) is 27.1. The van der Waals surface area contributed by atoms with E-state index >= 15 is 0 Å². The van der Waals surface area contributed by atoms with Crippen LogP contribution in [-0.4, -0.2) is 41.0 Å². The SMILES string of the molecule is CCCCCN(C(=O)C(CC(C)C)NC(=O)OC(C)(C)C)C(C(=O)Nc1ccc2ccccc2c1)c1cc(C)cc(C)c1. The molecule has 2 unspecified atom stereocenters. The molecule has 0 radical (unpaired) electrons. The molecule has 7 heteroatoms. The van der Waals surface area contributed by atoms with E-state index in [1.165, 1.54) is 0 Å². The molecule has 0 fully saturated rings. The quantitative estimate of drug-likeness (QED) is 0.210. The third-order valence-electron chi connectivity index (χ3n) is 7.12. The van der Waals surface area contributed by atoms with Crippen LogP contribution in [0, 0.1) is 19.8 Å². The van der Waals surface area contributed by atoms with Gasteiger partial charge in [0.2, 0.25) is 5.91 Å². The van der Waals surface area contributed by atoms with Crippen molar-refractivity contribution in [3.05, 3.63) is 77.4 Å². The number of nitrogens with zero attached hydrogens (tertiary/aromatic N) is 1. The van der Waals surface area contributed by atoms with Crippen LogP contribution in [0.5, 0.6) is 0 Å². The van der Waals surface area contributed by atoms with E-state index in [9.17, 15) is 14.4 Å². The van der Waals surface area contributed by atoms with Crippen LogP contribution >= 0.6 is 0 Å². The lowest BCUT2D eigenvalue weighted by Gasteiger charge is -2.35. The number of nitrogens with one attached hydrogen (secondary N) is 2. The molecule has 3 aromatic carbocycles. The molecule has 0 saturated heterocycles. The fourth-order valence-electron chi connectivity index (χ4n) is 5.36. The van der Waals surface area contributed by atoms with E-state index in [4.69, 9.17) is 4.74 Å². The number of anilines is 1. The van der Waals surface area contributed by atoms with Crippen molar-refractivity contribution >= 4 is 34.4 Å². The number of carbonyl (C=O) groups excluding carboxylic acids is 3. The Morgan fingerprint density at radius 1 is 0.884 bits per heavy atom. The predicted molar refractivity (Wildman–Crippen MR) is 175 cm³/mol. The van der Waals surface area contributed by atoms with E-state index in [1.807, 2.05) is 82.3 Å². The maximum Gasteiger partial charge on any atom is 0.408 e. The summed E-state index contributed by atoms with van der Waals surface area (Å²) < 4.78 is 5.52. The minimum atomic E-state index is -0.899. The van der Waals surface area contributed by atoms with Crippen molar-refractivity contribution in [3.63, 3.8) is 0 Å². The Morgan fingerprint density at radius 2 is 1.53 bits per heavy atom. The van der Waals surface area contributed by atoms with Crippen molar-refractivity contribution < 1.29 is 19.1 Å². The first-order chi connectivity index (χ1) is 20.3. The maximum atomic E-state index is 14.5. The van der Waals surface area contributed by atoms with Gasteiger partial charge in [0.15, 0.2) is 0 Å². The number of aryl methyl sites for hydroxylation is 2. The molecule has 0 bridgehead atoms. The molecule has 0 aliphatic carbocycles. The fourth-order valence-corrected chi connectivity index (χ4v) is 5.36. The van der Waals surface area contributed by atoms with Gasteiger partial charge in [0, 0.05) is 12.2 Å². The molecule has 3 rings (SSSR count). The maximum absolute atomic E-state index is 14.5. The third-order valence-corrected chi connectivity index (χ3v) is 7.12. The van der Waals surface area contributed by atoms with Crippen LogP contribution in [0.4, 0.5) is 10.5 Å². The normalized spacial score (nSPS) is 13.0. The molecule has 2 N–H and O–H groups in total. The van der Waals surface area contributed by atoms with Crippen LogP contribution in [0.25, 0.3) is 10.8 Å². The number of carbonyl (C=O) groups is 3. The highest BCUT2D eigenvalue weighted by Gasteiger charge is 2.36. The minimum absolute atomic E-state index is 0.118. The number of amides is 3. The first kappa shape index (κ1) is 33.6. The molecule has 2 atom stereocenters. The summed E-state index contributed by atoms with van der Waals surface area (Å²) in [5, 5.41) is 8.02. The molecule has 0 saturated carbocycles. The van der Waals surface area contributed by atoms with Crippen molar-refractivity contribution in [2.75, 3.05) is 11.9 Å². The summed E-state index contributed by atoms with van der Waals surface area (Å²) in [4.78, 5) is 43.3. The second kappa shape index (κ2) is 15.0. The van der Waals surface area contributed by atoms with Crippen molar-refractivity contribution in [3.8, 4) is 0 Å². The Labute approximate surface area is 257 Å². The van der Waals surface area contributed by atoms with Gasteiger partial charge >= 0.3 is 6.09 Å². The first-order valence-corrected chi connectivity index (χ1v) is 15.4. The number of unbranched alkanes of at least 4 members (excludes halogenated alkanes) is 2. The Bertz CT molecular complexity index is 1390. The standard InChI is InChI=1S/C36H49N3O4/c1-9-10-13-18-39(34(41)31(19-24(2)3)38-35(42)43-36(6,7)8)32(29-21-25(4)20-26(5)22-29)33(40)37-30-17-16-27-14-11-12-15-28(27)23-30/h11-12,14-17,20-24,31-32H,9-10,13,18-19H2,1-8H3,(H,37,40)(H,38,42). The topological polar surface area (TPSA) is 87.7 Å². The van der Waals surface area contributed by atoms with Crippen LogP contribution in [0.15, 0.2) is 60.7 Å². The molecular formula is C36H49N3O4. The molecule has 0 heterocycles. The molecule has 7 nitrogen and oxygen atoms in total. The van der Waals surface area contributed by atoms with Crippen molar-refractivity contribution in [2.45, 2.75) is 98.8 Å². The zero-order chi connectivity index (χ0) is 31.7. The van der Waals surface area contributed by atoms with Gasteiger partial charge in [0.25, 0.3) is 5.91 Å². The Morgan fingerprint density at radius 3 is 2.14 bits per heavy atom. The Hall–Kier alpha value is -3.87. The van der Waals surface area contributed by atoms with Gasteiger partial charge < -0.3 is 20.3 Å². The number of alkyl carbamates (subject to hydrolysis) is 1. The fraction of sp³-hybridized carbons (Fsp3) is 0.472. The van der Waals surface area contributed by atoms with Crippen molar-refractivity contribution in [1.82, 2.24) is 10.2 Å². The lowest BCUT2D eigenvalue weighted by molar-refractivity contribution is -0.141. The molecule has 0 aromatic heterocycles. The number of fused-ring (bicyclic) bond motifs is 1. The lowest BCUT2D eigenvalue weighted by atomic mass is 9.96. The molecule has 3 aromatic rings. The Kier molecular flexibility index (Phi) is 11.8. The Balaban J connectivity index is 2.07. The van der Waals surface area contributed by atoms with Crippen LogP contribution in [0.1, 0.15) is 90.0 Å². The smallest absolute Gasteiger partial charge is 0.408 e. The van der Waals surface area contributed by atoms with E-state index in [2.05, 4.69) is 23.6 Å². The van der Waals surface area contributed by atoms with E-state index in [-0.39, 0.29) is 17.7 Å². The third kappa shape index (κ3) is 10.1. The van der Waals surface area contributed by atoms with Gasteiger partial charge in [-0.1, -0.05) is 93.3 Å². The monoisotopic (exact) mass is 587 g/mol.